The number of hydrogen-bond acceptors (Lipinski definition) is 5. The zero-order chi connectivity index (χ0) is 19.4. The first-order valence-electron chi connectivity index (χ1n) is 10.7. The summed E-state index contributed by atoms with van der Waals surface area (Å²) in [6.07, 6.45) is 3.58. The Morgan fingerprint density at radius 3 is 2.86 bits per heavy atom. The van der Waals surface area contributed by atoms with E-state index in [4.69, 9.17) is 9.47 Å². The molecule has 6 aliphatic rings. The molecule has 0 aromatic heterocycles. The molecule has 3 aliphatic heterocycles. The summed E-state index contributed by atoms with van der Waals surface area (Å²) in [5.74, 6) is 1.63. The molecule has 5 heteroatoms. The van der Waals surface area contributed by atoms with Gasteiger partial charge in [0.15, 0.2) is 5.78 Å². The summed E-state index contributed by atoms with van der Waals surface area (Å²) in [5, 5.41) is 0. The van der Waals surface area contributed by atoms with Gasteiger partial charge in [-0.25, -0.2) is 4.79 Å². The molecule has 0 aromatic carbocycles. The summed E-state index contributed by atoms with van der Waals surface area (Å²) >= 11 is 0. The fourth-order valence-electron chi connectivity index (χ4n) is 7.33. The number of fused-ring (bicyclic) bond motifs is 1. The number of rotatable bonds is 1. The van der Waals surface area contributed by atoms with E-state index in [9.17, 15) is 9.59 Å². The van der Waals surface area contributed by atoms with Crippen molar-refractivity contribution in [3.63, 3.8) is 0 Å². The van der Waals surface area contributed by atoms with E-state index in [1.165, 1.54) is 7.11 Å². The van der Waals surface area contributed by atoms with E-state index in [0.717, 1.165) is 54.8 Å². The van der Waals surface area contributed by atoms with Gasteiger partial charge in [0.05, 0.1) is 19.3 Å². The van der Waals surface area contributed by atoms with Crippen molar-refractivity contribution in [1.29, 1.82) is 0 Å². The predicted octanol–water partition coefficient (Wildman–Crippen LogP) is 2.78. The highest BCUT2D eigenvalue weighted by molar-refractivity contribution is 6.15. The van der Waals surface area contributed by atoms with Gasteiger partial charge in [-0.15, -0.1) is 0 Å². The molecule has 2 bridgehead atoms. The van der Waals surface area contributed by atoms with Gasteiger partial charge in [-0.2, -0.15) is 0 Å². The molecule has 5 atom stereocenters. The zero-order valence-corrected chi connectivity index (χ0v) is 16.8. The number of allylic oxidation sites excluding steroid dienone is 2. The molecule has 6 rings (SSSR count). The second kappa shape index (κ2) is 5.38. The Hall–Kier alpha value is -1.88. The third kappa shape index (κ3) is 1.78. The first-order chi connectivity index (χ1) is 13.5. The number of carbonyl (C=O) groups excluding carboxylic acids is 2. The molecule has 0 amide bonds. The van der Waals surface area contributed by atoms with Crippen LogP contribution in [-0.4, -0.2) is 49.5 Å². The molecule has 0 N–H and O–H groups in total. The molecular weight excluding hydrogens is 354 g/mol. The van der Waals surface area contributed by atoms with Crippen LogP contribution in [0.4, 0.5) is 0 Å². The lowest BCUT2D eigenvalue weighted by Gasteiger charge is -2.43. The Morgan fingerprint density at radius 1 is 1.25 bits per heavy atom. The van der Waals surface area contributed by atoms with Crippen molar-refractivity contribution in [3.05, 3.63) is 33.6 Å². The summed E-state index contributed by atoms with van der Waals surface area (Å²) in [6, 6.07) is 0.377. The third-order valence-corrected chi connectivity index (χ3v) is 8.61. The monoisotopic (exact) mass is 381 g/mol. The molecule has 2 fully saturated rings. The number of ketones is 1. The Morgan fingerprint density at radius 2 is 2.07 bits per heavy atom. The molecule has 0 saturated carbocycles. The summed E-state index contributed by atoms with van der Waals surface area (Å²) in [4.78, 5) is 29.5. The summed E-state index contributed by atoms with van der Waals surface area (Å²) in [6.45, 7) is 7.23. The average Bonchev–Trinajstić information content (AvgIpc) is 3.11. The number of hydrogen-bond donors (Lipinski definition) is 0. The van der Waals surface area contributed by atoms with Crippen LogP contribution in [-0.2, 0) is 19.1 Å². The Balaban J connectivity index is 1.71. The first kappa shape index (κ1) is 17.0. The van der Waals surface area contributed by atoms with E-state index in [2.05, 4.69) is 18.7 Å². The van der Waals surface area contributed by atoms with Crippen LogP contribution >= 0.6 is 0 Å². The van der Waals surface area contributed by atoms with Gasteiger partial charge >= 0.3 is 5.97 Å². The van der Waals surface area contributed by atoms with E-state index < -0.39 is 0 Å². The van der Waals surface area contributed by atoms with Crippen LogP contribution in [0.1, 0.15) is 39.5 Å². The molecule has 2 saturated heterocycles. The minimum atomic E-state index is -0.355. The number of methoxy groups -OCH3 is 1. The lowest BCUT2D eigenvalue weighted by Crippen LogP contribution is -2.48. The fourth-order valence-corrected chi connectivity index (χ4v) is 7.33. The van der Waals surface area contributed by atoms with Crippen molar-refractivity contribution in [2.24, 2.45) is 23.2 Å². The van der Waals surface area contributed by atoms with E-state index in [-0.39, 0.29) is 23.1 Å². The molecule has 148 valence electrons. The molecule has 3 aliphatic carbocycles. The minimum Gasteiger partial charge on any atom is -0.497 e. The van der Waals surface area contributed by atoms with Gasteiger partial charge in [0, 0.05) is 54.5 Å². The van der Waals surface area contributed by atoms with Gasteiger partial charge in [-0.1, -0.05) is 13.8 Å². The second-order valence-corrected chi connectivity index (χ2v) is 9.66. The molecule has 28 heavy (non-hydrogen) atoms. The van der Waals surface area contributed by atoms with E-state index in [1.807, 2.05) is 0 Å². The summed E-state index contributed by atoms with van der Waals surface area (Å²) < 4.78 is 11.3. The van der Waals surface area contributed by atoms with Crippen molar-refractivity contribution in [2.75, 3.05) is 26.8 Å². The van der Waals surface area contributed by atoms with Gasteiger partial charge in [0.1, 0.15) is 5.76 Å². The molecule has 0 radical (unpaired) electrons. The minimum absolute atomic E-state index is 0.00312. The van der Waals surface area contributed by atoms with Crippen molar-refractivity contribution in [1.82, 2.24) is 4.90 Å². The molecule has 5 nitrogen and oxygen atoms in total. The number of ether oxygens (including phenoxy) is 2. The van der Waals surface area contributed by atoms with Crippen LogP contribution in [0.25, 0.3) is 0 Å². The van der Waals surface area contributed by atoms with Crippen LogP contribution in [0, 0.1) is 23.2 Å². The maximum Gasteiger partial charge on any atom is 0.338 e. The largest absolute Gasteiger partial charge is 0.497 e. The Bertz CT molecular complexity index is 925. The average molecular weight is 381 g/mol. The van der Waals surface area contributed by atoms with E-state index in [1.54, 1.807) is 0 Å². The third-order valence-electron chi connectivity index (χ3n) is 8.61. The van der Waals surface area contributed by atoms with Crippen LogP contribution in [0.2, 0.25) is 0 Å². The highest BCUT2D eigenvalue weighted by Gasteiger charge is 2.63. The number of esters is 1. The van der Waals surface area contributed by atoms with Crippen LogP contribution < -0.4 is 0 Å². The van der Waals surface area contributed by atoms with E-state index in [0.29, 0.717) is 42.1 Å². The lowest BCUT2D eigenvalue weighted by atomic mass is 9.65. The lowest BCUT2D eigenvalue weighted by molar-refractivity contribution is -0.136. The maximum absolute atomic E-state index is 13.9. The normalized spacial score (nSPS) is 41.2. The summed E-state index contributed by atoms with van der Waals surface area (Å²) in [5.41, 5.74) is 4.39. The SMILES string of the molecule is COC(=O)C1=C2CCOC3=C2C2=C1C(=O)[C@@H]1C[C@H]4N(CC1C)C[C@@H](CC3)C24C. The van der Waals surface area contributed by atoms with Gasteiger partial charge in [-0.05, 0) is 35.8 Å². The number of carbonyl (C=O) groups is 2. The molecule has 0 aromatic rings. The topological polar surface area (TPSA) is 55.8 Å². The maximum atomic E-state index is 13.9. The number of Topliss-reactive ketones (excluding diaryl/α,β-unsaturated/α-hetero) is 1. The van der Waals surface area contributed by atoms with Gasteiger partial charge < -0.3 is 9.47 Å². The Kier molecular flexibility index (Phi) is 3.27. The van der Waals surface area contributed by atoms with Crippen LogP contribution in [0.5, 0.6) is 0 Å². The van der Waals surface area contributed by atoms with Gasteiger partial charge in [0.2, 0.25) is 0 Å². The second-order valence-electron chi connectivity index (χ2n) is 9.66. The predicted molar refractivity (Wildman–Crippen MR) is 102 cm³/mol. The van der Waals surface area contributed by atoms with Crippen LogP contribution in [0.3, 0.4) is 0 Å². The molecule has 0 spiro atoms. The molecule has 2 unspecified atom stereocenters. The molecule has 3 heterocycles. The molecular formula is C23H27NO4. The zero-order valence-electron chi connectivity index (χ0n) is 16.8. The van der Waals surface area contributed by atoms with Crippen molar-refractivity contribution < 1.29 is 19.1 Å². The standard InChI is InChI=1S/C23H27NO4/c1-11-9-24-10-12-4-5-15-17-13(6-7-28-15)18(22(26)27-3)19-20(17)23(12,2)16(24)8-14(11)21(19)25/h11-12,14,16H,4-10H2,1-3H3/t11?,12-,14-,16-,23?/m1/s1. The van der Waals surface area contributed by atoms with Crippen LogP contribution in [0.15, 0.2) is 33.6 Å². The first-order valence-corrected chi connectivity index (χ1v) is 10.7. The number of piperidine rings is 1. The fraction of sp³-hybridized carbons (Fsp3) is 0.652. The summed E-state index contributed by atoms with van der Waals surface area (Å²) in [7, 11) is 1.42. The highest BCUT2D eigenvalue weighted by Crippen LogP contribution is 2.64. The van der Waals surface area contributed by atoms with Crippen molar-refractivity contribution in [3.8, 4) is 0 Å². The Labute approximate surface area is 165 Å². The highest BCUT2D eigenvalue weighted by atomic mass is 16.5. The quantitative estimate of drug-likeness (QED) is 0.654. The van der Waals surface area contributed by atoms with Crippen molar-refractivity contribution >= 4 is 11.8 Å². The van der Waals surface area contributed by atoms with E-state index >= 15 is 0 Å². The number of nitrogens with zero attached hydrogens (tertiary/aromatic N) is 1. The smallest absolute Gasteiger partial charge is 0.338 e. The van der Waals surface area contributed by atoms with Gasteiger partial charge in [0.25, 0.3) is 0 Å². The van der Waals surface area contributed by atoms with Gasteiger partial charge in [-0.3, -0.25) is 9.69 Å². The van der Waals surface area contributed by atoms with Crippen molar-refractivity contribution in [2.45, 2.75) is 45.6 Å².